The molecule has 0 atom stereocenters. The third-order valence-corrected chi connectivity index (χ3v) is 3.86. The van der Waals surface area contributed by atoms with Gasteiger partial charge in [-0.25, -0.2) is 5.10 Å². The molecule has 25 heavy (non-hydrogen) atoms. The molecular formula is C17H14N4O4. The maximum absolute atomic E-state index is 12.3. The second-order valence-electron chi connectivity index (χ2n) is 5.49. The maximum Gasteiger partial charge on any atom is 0.273 e. The fourth-order valence-electron chi connectivity index (χ4n) is 2.52. The zero-order chi connectivity index (χ0) is 18.0. The molecule has 126 valence electrons. The van der Waals surface area contributed by atoms with Crippen LogP contribution in [-0.2, 0) is 6.54 Å². The number of nitro groups is 1. The Labute approximate surface area is 141 Å². The fourth-order valence-corrected chi connectivity index (χ4v) is 2.52. The number of fused-ring (bicyclic) bond motifs is 1. The molecule has 0 aliphatic carbocycles. The molecule has 0 unspecified atom stereocenters. The van der Waals surface area contributed by atoms with Gasteiger partial charge in [0.05, 0.1) is 22.5 Å². The zero-order valence-corrected chi connectivity index (χ0v) is 13.3. The van der Waals surface area contributed by atoms with E-state index in [2.05, 4.69) is 15.5 Å². The molecule has 0 saturated heterocycles. The summed E-state index contributed by atoms with van der Waals surface area (Å²) in [5.74, 6) is -0.458. The molecule has 0 radical (unpaired) electrons. The number of hydrogen-bond acceptors (Lipinski definition) is 5. The Hall–Kier alpha value is -3.55. The Bertz CT molecular complexity index is 1040. The summed E-state index contributed by atoms with van der Waals surface area (Å²) < 4.78 is 0. The van der Waals surface area contributed by atoms with Crippen LogP contribution in [0.15, 0.2) is 47.3 Å². The van der Waals surface area contributed by atoms with Gasteiger partial charge >= 0.3 is 0 Å². The summed E-state index contributed by atoms with van der Waals surface area (Å²) in [5, 5.41) is 21.1. The van der Waals surface area contributed by atoms with E-state index in [1.54, 1.807) is 31.2 Å². The quantitative estimate of drug-likeness (QED) is 0.558. The largest absolute Gasteiger partial charge is 0.346 e. The van der Waals surface area contributed by atoms with E-state index in [4.69, 9.17) is 0 Å². The van der Waals surface area contributed by atoms with E-state index in [0.29, 0.717) is 22.0 Å². The van der Waals surface area contributed by atoms with Gasteiger partial charge in [-0.15, -0.1) is 0 Å². The summed E-state index contributed by atoms with van der Waals surface area (Å²) in [5.41, 5.74) is 0.756. The molecule has 8 heteroatoms. The lowest BCUT2D eigenvalue weighted by atomic mass is 10.1. The minimum Gasteiger partial charge on any atom is -0.346 e. The first kappa shape index (κ1) is 16.3. The van der Waals surface area contributed by atoms with Crippen LogP contribution in [0.3, 0.4) is 0 Å². The predicted octanol–water partition coefficient (Wildman–Crippen LogP) is 2.07. The van der Waals surface area contributed by atoms with Crippen molar-refractivity contribution in [3.05, 3.63) is 79.8 Å². The lowest BCUT2D eigenvalue weighted by molar-refractivity contribution is -0.385. The molecule has 8 nitrogen and oxygen atoms in total. The van der Waals surface area contributed by atoms with Crippen molar-refractivity contribution in [3.8, 4) is 0 Å². The first-order valence-electron chi connectivity index (χ1n) is 7.47. The summed E-state index contributed by atoms with van der Waals surface area (Å²) in [6.07, 6.45) is 0. The van der Waals surface area contributed by atoms with Crippen molar-refractivity contribution in [2.45, 2.75) is 13.5 Å². The van der Waals surface area contributed by atoms with Crippen molar-refractivity contribution in [2.24, 2.45) is 0 Å². The molecule has 1 heterocycles. The highest BCUT2D eigenvalue weighted by Crippen LogP contribution is 2.19. The van der Waals surface area contributed by atoms with Crippen LogP contribution in [0.2, 0.25) is 0 Å². The maximum atomic E-state index is 12.3. The van der Waals surface area contributed by atoms with Gasteiger partial charge in [0.1, 0.15) is 0 Å². The Balaban J connectivity index is 1.84. The van der Waals surface area contributed by atoms with E-state index < -0.39 is 10.8 Å². The highest BCUT2D eigenvalue weighted by atomic mass is 16.6. The molecule has 1 amide bonds. The third kappa shape index (κ3) is 3.23. The number of hydrogen-bond donors (Lipinski definition) is 2. The van der Waals surface area contributed by atoms with Gasteiger partial charge in [-0.3, -0.25) is 19.7 Å². The second kappa shape index (κ2) is 6.52. The van der Waals surface area contributed by atoms with Gasteiger partial charge in [-0.2, -0.15) is 5.10 Å². The van der Waals surface area contributed by atoms with Crippen molar-refractivity contribution >= 4 is 22.4 Å². The third-order valence-electron chi connectivity index (χ3n) is 3.86. The van der Waals surface area contributed by atoms with Crippen LogP contribution in [0.25, 0.3) is 10.8 Å². The number of carbonyl (C=O) groups is 1. The summed E-state index contributed by atoms with van der Waals surface area (Å²) in [6.45, 7) is 1.69. The average Bonchev–Trinajstić information content (AvgIpc) is 2.61. The van der Waals surface area contributed by atoms with Gasteiger partial charge < -0.3 is 5.32 Å². The van der Waals surface area contributed by atoms with E-state index in [0.717, 1.165) is 0 Å². The normalized spacial score (nSPS) is 10.6. The monoisotopic (exact) mass is 338 g/mol. The van der Waals surface area contributed by atoms with Gasteiger partial charge in [0.25, 0.3) is 17.2 Å². The number of aromatic nitrogens is 2. The molecule has 2 aromatic carbocycles. The number of benzene rings is 2. The summed E-state index contributed by atoms with van der Waals surface area (Å²) >= 11 is 0. The topological polar surface area (TPSA) is 118 Å². The number of nitrogens with zero attached hydrogens (tertiary/aromatic N) is 2. The van der Waals surface area contributed by atoms with E-state index in [1.807, 2.05) is 0 Å². The molecule has 0 spiro atoms. The molecular weight excluding hydrogens is 324 g/mol. The van der Waals surface area contributed by atoms with Crippen molar-refractivity contribution in [1.82, 2.24) is 15.5 Å². The molecule has 0 fully saturated rings. The Morgan fingerprint density at radius 2 is 1.96 bits per heavy atom. The van der Waals surface area contributed by atoms with E-state index in [1.165, 1.54) is 18.2 Å². The van der Waals surface area contributed by atoms with Crippen molar-refractivity contribution in [3.63, 3.8) is 0 Å². The number of aromatic amines is 1. The number of aryl methyl sites for hydroxylation is 1. The zero-order valence-electron chi connectivity index (χ0n) is 13.3. The van der Waals surface area contributed by atoms with Crippen LogP contribution in [0.4, 0.5) is 5.69 Å². The first-order valence-corrected chi connectivity index (χ1v) is 7.47. The molecule has 3 rings (SSSR count). The standard InChI is InChI=1S/C17H14N4O4/c1-10-6-7-11(8-15(10)21(24)25)16(22)18-9-14-12-4-2-3-5-13(12)17(23)20-19-14/h2-8H,9H2,1H3,(H,18,22)(H,20,23). The average molecular weight is 338 g/mol. The van der Waals surface area contributed by atoms with E-state index in [9.17, 15) is 19.7 Å². The predicted molar refractivity (Wildman–Crippen MR) is 91.4 cm³/mol. The number of rotatable bonds is 4. The molecule has 1 aromatic heterocycles. The van der Waals surface area contributed by atoms with Gasteiger partial charge in [-0.05, 0) is 19.1 Å². The smallest absolute Gasteiger partial charge is 0.273 e. The summed E-state index contributed by atoms with van der Waals surface area (Å²) in [4.78, 5) is 34.5. The fraction of sp³-hybridized carbons (Fsp3) is 0.118. The van der Waals surface area contributed by atoms with Crippen LogP contribution in [0.1, 0.15) is 21.6 Å². The lowest BCUT2D eigenvalue weighted by Crippen LogP contribution is -2.24. The number of amides is 1. The molecule has 0 aliphatic rings. The molecule has 0 saturated carbocycles. The first-order chi connectivity index (χ1) is 12.0. The second-order valence-corrected chi connectivity index (χ2v) is 5.49. The highest BCUT2D eigenvalue weighted by Gasteiger charge is 2.15. The molecule has 3 aromatic rings. The number of nitro benzene ring substituents is 1. The van der Waals surface area contributed by atoms with Crippen molar-refractivity contribution in [2.75, 3.05) is 0 Å². The van der Waals surface area contributed by atoms with Crippen LogP contribution >= 0.6 is 0 Å². The van der Waals surface area contributed by atoms with E-state index >= 15 is 0 Å². The Morgan fingerprint density at radius 3 is 2.68 bits per heavy atom. The SMILES string of the molecule is Cc1ccc(C(=O)NCc2n[nH]c(=O)c3ccccc23)cc1[N+](=O)[O-]. The number of nitrogens with one attached hydrogen (secondary N) is 2. The molecule has 2 N–H and O–H groups in total. The lowest BCUT2D eigenvalue weighted by Gasteiger charge is -2.07. The van der Waals surface area contributed by atoms with Crippen LogP contribution in [0, 0.1) is 17.0 Å². The number of H-pyrrole nitrogens is 1. The Kier molecular flexibility index (Phi) is 4.25. The summed E-state index contributed by atoms with van der Waals surface area (Å²) in [6, 6.07) is 11.2. The number of carbonyl (C=O) groups excluding carboxylic acids is 1. The van der Waals surface area contributed by atoms with Gasteiger partial charge in [0, 0.05) is 22.6 Å². The molecule has 0 aliphatic heterocycles. The van der Waals surface area contributed by atoms with Gasteiger partial charge in [0.2, 0.25) is 0 Å². The van der Waals surface area contributed by atoms with Crippen molar-refractivity contribution in [1.29, 1.82) is 0 Å². The minimum atomic E-state index is -0.525. The van der Waals surface area contributed by atoms with Crippen LogP contribution < -0.4 is 10.9 Å². The summed E-state index contributed by atoms with van der Waals surface area (Å²) in [7, 11) is 0. The van der Waals surface area contributed by atoms with Crippen molar-refractivity contribution < 1.29 is 9.72 Å². The minimum absolute atomic E-state index is 0.0812. The Morgan fingerprint density at radius 1 is 1.24 bits per heavy atom. The van der Waals surface area contributed by atoms with Crippen LogP contribution in [0.5, 0.6) is 0 Å². The van der Waals surface area contributed by atoms with Crippen LogP contribution in [-0.4, -0.2) is 21.0 Å². The molecule has 0 bridgehead atoms. The van der Waals surface area contributed by atoms with Gasteiger partial charge in [0.15, 0.2) is 0 Å². The van der Waals surface area contributed by atoms with E-state index in [-0.39, 0.29) is 23.4 Å². The highest BCUT2D eigenvalue weighted by molar-refractivity contribution is 5.95. The van der Waals surface area contributed by atoms with Gasteiger partial charge in [-0.1, -0.05) is 24.3 Å².